The lowest BCUT2D eigenvalue weighted by Crippen LogP contribution is -2.16. The van der Waals surface area contributed by atoms with Crippen LogP contribution in [0.4, 0.5) is 0 Å². The van der Waals surface area contributed by atoms with Crippen LogP contribution in [0.2, 0.25) is 0 Å². The monoisotopic (exact) mass is 347 g/mol. The third-order valence-corrected chi connectivity index (χ3v) is 6.24. The molecule has 0 spiro atoms. The number of aliphatic hydroxyl groups is 1. The van der Waals surface area contributed by atoms with Gasteiger partial charge in [0.05, 0.1) is 9.61 Å². The highest BCUT2D eigenvalue weighted by atomic mass is 32.2. The molecule has 0 bridgehead atoms. The summed E-state index contributed by atoms with van der Waals surface area (Å²) in [5.74, 6) is 0. The second-order valence-corrected chi connectivity index (χ2v) is 9.28. The number of pyridine rings is 1. The lowest BCUT2D eigenvalue weighted by molar-refractivity contribution is 0.194. The van der Waals surface area contributed by atoms with Crippen LogP contribution in [-0.2, 0) is 0 Å². The SMILES string of the molecule is Cc1cc(C)c([C@H](O)[C@H](Sc2ccccn2)SC(C)C)c(C)c1. The summed E-state index contributed by atoms with van der Waals surface area (Å²) in [5, 5.41) is 12.5. The summed E-state index contributed by atoms with van der Waals surface area (Å²) in [5.41, 5.74) is 4.61. The summed E-state index contributed by atoms with van der Waals surface area (Å²) in [6, 6.07) is 10.2. The number of nitrogens with zero attached hydrogens (tertiary/aromatic N) is 1. The standard InChI is InChI=1S/C19H25NOS2/c1-12(2)22-19(23-16-8-6-7-9-20-16)18(21)17-14(4)10-13(3)11-15(17)5/h6-12,18-19,21H,1-5H3/t18-,19-/m0/s1. The van der Waals surface area contributed by atoms with Crippen LogP contribution in [-0.4, -0.2) is 19.9 Å². The van der Waals surface area contributed by atoms with Crippen LogP contribution in [0.1, 0.15) is 42.2 Å². The van der Waals surface area contributed by atoms with Gasteiger partial charge in [-0.05, 0) is 49.6 Å². The van der Waals surface area contributed by atoms with Gasteiger partial charge in [0.1, 0.15) is 6.10 Å². The fraction of sp³-hybridized carbons (Fsp3) is 0.421. The predicted octanol–water partition coefficient (Wildman–Crippen LogP) is 5.30. The molecule has 0 fully saturated rings. The molecule has 0 radical (unpaired) electrons. The van der Waals surface area contributed by atoms with Crippen molar-refractivity contribution in [3.8, 4) is 0 Å². The zero-order chi connectivity index (χ0) is 17.0. The first-order chi connectivity index (χ1) is 10.9. The van der Waals surface area contributed by atoms with Gasteiger partial charge in [0.15, 0.2) is 0 Å². The second kappa shape index (κ2) is 8.22. The van der Waals surface area contributed by atoms with E-state index in [2.05, 4.69) is 51.7 Å². The topological polar surface area (TPSA) is 33.1 Å². The molecule has 2 atom stereocenters. The summed E-state index contributed by atoms with van der Waals surface area (Å²) < 4.78 is 0.0185. The van der Waals surface area contributed by atoms with Gasteiger partial charge in [0.25, 0.3) is 0 Å². The van der Waals surface area contributed by atoms with Crippen molar-refractivity contribution >= 4 is 23.5 Å². The zero-order valence-corrected chi connectivity index (χ0v) is 16.0. The highest BCUT2D eigenvalue weighted by molar-refractivity contribution is 8.17. The molecule has 0 saturated heterocycles. The van der Waals surface area contributed by atoms with Crippen molar-refractivity contribution in [2.45, 2.75) is 55.6 Å². The van der Waals surface area contributed by atoms with E-state index in [1.807, 2.05) is 18.2 Å². The number of aryl methyl sites for hydroxylation is 3. The van der Waals surface area contributed by atoms with Gasteiger partial charge < -0.3 is 5.11 Å². The molecule has 1 N–H and O–H groups in total. The van der Waals surface area contributed by atoms with E-state index in [9.17, 15) is 5.11 Å². The van der Waals surface area contributed by atoms with E-state index >= 15 is 0 Å². The van der Waals surface area contributed by atoms with Gasteiger partial charge in [0, 0.05) is 11.4 Å². The molecular weight excluding hydrogens is 322 g/mol. The Morgan fingerprint density at radius 2 is 1.70 bits per heavy atom. The molecule has 4 heteroatoms. The Morgan fingerprint density at radius 3 is 2.22 bits per heavy atom. The first-order valence-corrected chi connectivity index (χ1v) is 9.69. The highest BCUT2D eigenvalue weighted by Gasteiger charge is 2.26. The third kappa shape index (κ3) is 5.00. The lowest BCUT2D eigenvalue weighted by Gasteiger charge is -2.26. The van der Waals surface area contributed by atoms with E-state index < -0.39 is 6.10 Å². The van der Waals surface area contributed by atoms with Crippen LogP contribution in [0.5, 0.6) is 0 Å². The molecule has 0 amide bonds. The van der Waals surface area contributed by atoms with Gasteiger partial charge >= 0.3 is 0 Å². The Kier molecular flexibility index (Phi) is 6.57. The van der Waals surface area contributed by atoms with Crippen LogP contribution in [0.3, 0.4) is 0 Å². The highest BCUT2D eigenvalue weighted by Crippen LogP contribution is 2.42. The number of hydrogen-bond donors (Lipinski definition) is 1. The Morgan fingerprint density at radius 1 is 1.04 bits per heavy atom. The normalized spacial score (nSPS) is 14.0. The Balaban J connectivity index is 2.31. The van der Waals surface area contributed by atoms with E-state index in [0.29, 0.717) is 5.25 Å². The molecule has 0 unspecified atom stereocenters. The quantitative estimate of drug-likeness (QED) is 0.568. The van der Waals surface area contributed by atoms with E-state index in [1.165, 1.54) is 5.56 Å². The first-order valence-electron chi connectivity index (χ1n) is 7.87. The van der Waals surface area contributed by atoms with Crippen molar-refractivity contribution < 1.29 is 5.11 Å². The maximum absolute atomic E-state index is 11.1. The molecule has 124 valence electrons. The largest absolute Gasteiger partial charge is 0.386 e. The molecule has 0 aliphatic rings. The number of benzene rings is 1. The summed E-state index contributed by atoms with van der Waals surface area (Å²) in [6.07, 6.45) is 1.28. The minimum atomic E-state index is -0.519. The number of thioether (sulfide) groups is 2. The summed E-state index contributed by atoms with van der Waals surface area (Å²) in [4.78, 5) is 4.40. The zero-order valence-electron chi connectivity index (χ0n) is 14.4. The van der Waals surface area contributed by atoms with Crippen LogP contribution in [0, 0.1) is 20.8 Å². The maximum Gasteiger partial charge on any atom is 0.101 e. The molecular formula is C19H25NOS2. The van der Waals surface area contributed by atoms with E-state index in [1.54, 1.807) is 29.7 Å². The fourth-order valence-electron chi connectivity index (χ4n) is 2.76. The van der Waals surface area contributed by atoms with Gasteiger partial charge in [-0.15, -0.1) is 11.8 Å². The van der Waals surface area contributed by atoms with Gasteiger partial charge in [-0.1, -0.05) is 49.4 Å². The average Bonchev–Trinajstić information content (AvgIpc) is 2.46. The molecule has 23 heavy (non-hydrogen) atoms. The van der Waals surface area contributed by atoms with Crippen LogP contribution in [0.15, 0.2) is 41.6 Å². The maximum atomic E-state index is 11.1. The van der Waals surface area contributed by atoms with Crippen molar-refractivity contribution in [2.75, 3.05) is 0 Å². The van der Waals surface area contributed by atoms with Gasteiger partial charge in [-0.25, -0.2) is 4.98 Å². The van der Waals surface area contributed by atoms with Crippen molar-refractivity contribution in [3.05, 3.63) is 58.8 Å². The van der Waals surface area contributed by atoms with Gasteiger partial charge in [-0.3, -0.25) is 0 Å². The number of hydrogen-bond acceptors (Lipinski definition) is 4. The molecule has 1 aromatic heterocycles. The molecule has 1 heterocycles. The van der Waals surface area contributed by atoms with Gasteiger partial charge in [-0.2, -0.15) is 0 Å². The van der Waals surface area contributed by atoms with E-state index in [4.69, 9.17) is 0 Å². The Labute approximate surface area is 148 Å². The molecule has 1 aromatic carbocycles. The number of rotatable bonds is 6. The summed E-state index contributed by atoms with van der Waals surface area (Å²) >= 11 is 3.44. The minimum Gasteiger partial charge on any atom is -0.386 e. The van der Waals surface area contributed by atoms with Crippen LogP contribution < -0.4 is 0 Å². The fourth-order valence-corrected chi connectivity index (χ4v) is 5.55. The van der Waals surface area contributed by atoms with E-state index in [-0.39, 0.29) is 4.58 Å². The minimum absolute atomic E-state index is 0.0185. The van der Waals surface area contributed by atoms with E-state index in [0.717, 1.165) is 21.7 Å². The van der Waals surface area contributed by atoms with Crippen molar-refractivity contribution in [3.63, 3.8) is 0 Å². The molecule has 0 saturated carbocycles. The summed E-state index contributed by atoms with van der Waals surface area (Å²) in [6.45, 7) is 10.6. The van der Waals surface area contributed by atoms with Crippen LogP contribution >= 0.6 is 23.5 Å². The lowest BCUT2D eigenvalue weighted by atomic mass is 9.96. The number of aromatic nitrogens is 1. The molecule has 2 aromatic rings. The Bertz CT molecular complexity index is 620. The Hall–Kier alpha value is -0.970. The molecule has 2 nitrogen and oxygen atoms in total. The third-order valence-electron chi connectivity index (χ3n) is 3.57. The van der Waals surface area contributed by atoms with Gasteiger partial charge in [0.2, 0.25) is 0 Å². The smallest absolute Gasteiger partial charge is 0.101 e. The first kappa shape index (κ1) is 18.4. The molecule has 0 aliphatic heterocycles. The summed E-state index contributed by atoms with van der Waals surface area (Å²) in [7, 11) is 0. The number of aliphatic hydroxyl groups excluding tert-OH is 1. The van der Waals surface area contributed by atoms with Crippen molar-refractivity contribution in [2.24, 2.45) is 0 Å². The van der Waals surface area contributed by atoms with Crippen molar-refractivity contribution in [1.82, 2.24) is 4.98 Å². The predicted molar refractivity (Wildman–Crippen MR) is 102 cm³/mol. The second-order valence-electron chi connectivity index (χ2n) is 6.10. The molecule has 2 rings (SSSR count). The average molecular weight is 348 g/mol. The molecule has 0 aliphatic carbocycles. The van der Waals surface area contributed by atoms with Crippen molar-refractivity contribution in [1.29, 1.82) is 0 Å². The van der Waals surface area contributed by atoms with Crippen LogP contribution in [0.25, 0.3) is 0 Å².